The summed E-state index contributed by atoms with van der Waals surface area (Å²) in [5.41, 5.74) is 7.75. The van der Waals surface area contributed by atoms with Gasteiger partial charge in [-0.15, -0.1) is 0 Å². The van der Waals surface area contributed by atoms with Crippen molar-refractivity contribution in [2.24, 2.45) is 28.6 Å². The molecule has 0 aromatic heterocycles. The molecule has 148 heavy (non-hydrogen) atoms. The molecule has 0 radical (unpaired) electrons. The molecule has 1 saturated heterocycles. The van der Waals surface area contributed by atoms with Gasteiger partial charge in [0, 0.05) is 11.8 Å². The Morgan fingerprint density at radius 2 is 0.777 bits per heavy atom. The van der Waals surface area contributed by atoms with Crippen molar-refractivity contribution < 1.29 is 108 Å². The fourth-order valence-corrected chi connectivity index (χ4v) is 18.6. The summed E-state index contributed by atoms with van der Waals surface area (Å²) in [5.74, 6) is 4.95. The van der Waals surface area contributed by atoms with Gasteiger partial charge in [0.05, 0.1) is 16.7 Å². The fourth-order valence-electron chi connectivity index (χ4n) is 17.4. The number of phenols is 2. The first-order valence-electron chi connectivity index (χ1n) is 52.5. The number of benzene rings is 9. The Labute approximate surface area is 895 Å². The monoisotopic (exact) mass is 2120 g/mol. The van der Waals surface area contributed by atoms with Gasteiger partial charge in [-0.2, -0.15) is 0 Å². The SMILES string of the molecule is CCC(C)(C)C(=O)OCCOC(=O)CS(=O)(=O)[O-].CCC(C)c1ccc(O)cc1.CCC(C)c1ccc(O)cc1.CCC(C)c1ccc(OCC(=O)OC(C)(C)C23CC4CC(CC(C4)C2)C3)cc1.CCC(C)c1ccc(OCC(=O)OC2CCC(=O)O2)cc1.CCC(C)c1ccc(S(=O)(=O)[O-])cc1.CCC(C)c1cccc(OCC(=O)OC2(C)CCCC2)c1.CCC(C)c1ccccc1.[SH2+]c1ccccc1.[SH2+]c1ccccc1. The molecule has 1 aliphatic heterocycles. The Morgan fingerprint density at radius 3 is 1.14 bits per heavy atom. The summed E-state index contributed by atoms with van der Waals surface area (Å²) < 4.78 is 110. The summed E-state index contributed by atoms with van der Waals surface area (Å²) in [6.07, 6.45) is 20.4. The third-order valence-electron chi connectivity index (χ3n) is 28.4. The van der Waals surface area contributed by atoms with Crippen LogP contribution in [0, 0.1) is 28.6 Å². The summed E-state index contributed by atoms with van der Waals surface area (Å²) in [4.78, 5) is 71.3. The van der Waals surface area contributed by atoms with Gasteiger partial charge in [-0.1, -0.05) is 243 Å². The molecule has 4 bridgehead atoms. The number of hydrogen-bond donors (Lipinski definition) is 2. The first kappa shape index (κ1) is 128. The molecule has 0 spiro atoms. The minimum Gasteiger partial charge on any atom is -0.748 e. The molecule has 814 valence electrons. The molecule has 6 fully saturated rings. The van der Waals surface area contributed by atoms with Crippen LogP contribution in [0.15, 0.2) is 251 Å². The fraction of sp³-hybridized carbons (Fsp3) is 0.504. The van der Waals surface area contributed by atoms with E-state index in [0.717, 1.165) is 109 Å². The van der Waals surface area contributed by atoms with Crippen LogP contribution in [0.5, 0.6) is 28.7 Å². The third kappa shape index (κ3) is 48.1. The standard InChI is InChI=1S/C25H36O3.C18H26O3.C16H20O5.C10H18O7S.C10H14O3S.2C10H14O.C10H14.2C6H6S/c1-5-17(2)21-6-8-22(9-7-21)27-16-23(26)28-24(3,4)25-13-18-10-19(14-25)12-20(11-18)15-25;1-4-14(2)15-8-7-9-16(12-15)20-13-17(19)21-18(3)10-5-6-11-18;1-3-11(2)12-4-6-13(7-5-12)19-10-15(18)21-16-9-8-14(17)20-16;1-4-10(2,3)9(12)17-6-5-16-8(11)7-18(13,14)15;1-3-8(2)9-4-6-10(7-5-9)14(11,12)13;2*1-3-8(2)9-4-6-10(11)7-5-9;1-3-9(2)10-7-5-4-6-8-10;2*7-6-4-2-1-3-5-6/h6-9,17-20H,5,10-16H2,1-4H3;7-9,12,14H,4-6,10-11,13H2,1-3H3;4-7,11,16H,3,8-10H2,1-2H3;4-7H2,1-3H3,(H,13,14,15);4-8H,3H2,1-2H3,(H,11,12,13);2*4-8,11H,3H2,1-2H3;4-9H,3H2,1-2H3;2*1-5,7H. The molecular formula is C121H168O23S4. The maximum atomic E-state index is 12.6. The number of ether oxygens (including phenoxy) is 9. The highest BCUT2D eigenvalue weighted by molar-refractivity contribution is 7.86. The Hall–Kier alpha value is -10.7. The van der Waals surface area contributed by atoms with Gasteiger partial charge >= 0.3 is 35.8 Å². The van der Waals surface area contributed by atoms with E-state index >= 15 is 0 Å². The lowest BCUT2D eigenvalue weighted by Gasteiger charge is -2.61. The summed E-state index contributed by atoms with van der Waals surface area (Å²) in [5, 5.41) is 18.0. The molecule has 2 N–H and O–H groups in total. The molecule has 9 aromatic rings. The van der Waals surface area contributed by atoms with E-state index in [1.165, 1.54) is 90.5 Å². The molecule has 9 aromatic carbocycles. The van der Waals surface area contributed by atoms with E-state index in [9.17, 15) is 54.7 Å². The number of carbonyl (C=O) groups is 6. The van der Waals surface area contributed by atoms with Crippen LogP contribution in [-0.4, -0.2) is 128 Å². The average Bonchev–Trinajstić information content (AvgIpc) is 0.812. The lowest BCUT2D eigenvalue weighted by atomic mass is 9.46. The zero-order valence-electron chi connectivity index (χ0n) is 91.0. The zero-order valence-corrected chi connectivity index (χ0v) is 94.7. The maximum absolute atomic E-state index is 12.6. The number of carbonyl (C=O) groups excluding carboxylic acids is 6. The van der Waals surface area contributed by atoms with Crippen molar-refractivity contribution in [3.8, 4) is 28.7 Å². The third-order valence-corrected chi connectivity index (χ3v) is 30.5. The second-order valence-electron chi connectivity index (χ2n) is 40.6. The van der Waals surface area contributed by atoms with E-state index in [4.69, 9.17) is 48.1 Å². The van der Waals surface area contributed by atoms with Crippen molar-refractivity contribution in [3.05, 3.63) is 276 Å². The second kappa shape index (κ2) is 65.4. The average molecular weight is 2120 g/mol. The van der Waals surface area contributed by atoms with E-state index < -0.39 is 61.2 Å². The van der Waals surface area contributed by atoms with Gasteiger partial charge in [0.15, 0.2) is 19.8 Å². The number of esters is 6. The Bertz CT molecular complexity index is 5440. The predicted octanol–water partition coefficient (Wildman–Crippen LogP) is 26.6. The van der Waals surface area contributed by atoms with Crippen molar-refractivity contribution in [1.29, 1.82) is 0 Å². The molecule has 0 amide bonds. The van der Waals surface area contributed by atoms with Crippen molar-refractivity contribution in [2.45, 2.75) is 340 Å². The molecule has 23 nitrogen and oxygen atoms in total. The van der Waals surface area contributed by atoms with Crippen LogP contribution in [0.4, 0.5) is 0 Å². The minimum atomic E-state index is -4.64. The largest absolute Gasteiger partial charge is 0.748 e. The molecule has 5 aliphatic carbocycles. The summed E-state index contributed by atoms with van der Waals surface area (Å²) in [6, 6.07) is 75.3. The van der Waals surface area contributed by atoms with Crippen LogP contribution >= 0.6 is 0 Å². The molecule has 5 saturated carbocycles. The summed E-state index contributed by atoms with van der Waals surface area (Å²) in [6.45, 7) is 41.2. The lowest BCUT2D eigenvalue weighted by Crippen LogP contribution is -2.57. The molecule has 15 rings (SSSR count). The molecule has 6 aliphatic rings. The topological polar surface area (TPSA) is 340 Å². The van der Waals surface area contributed by atoms with Crippen LogP contribution in [0.1, 0.15) is 347 Å². The first-order chi connectivity index (χ1) is 70.0. The number of aromatic hydroxyl groups is 2. The van der Waals surface area contributed by atoms with Crippen LogP contribution in [0.25, 0.3) is 0 Å². The lowest BCUT2D eigenvalue weighted by molar-refractivity contribution is -0.200. The van der Waals surface area contributed by atoms with Crippen LogP contribution in [0.2, 0.25) is 0 Å². The van der Waals surface area contributed by atoms with Crippen molar-refractivity contribution in [3.63, 3.8) is 0 Å². The summed E-state index contributed by atoms with van der Waals surface area (Å²) >= 11 is 6.71. The highest BCUT2D eigenvalue weighted by atomic mass is 32.2. The number of rotatable bonds is 35. The summed E-state index contributed by atoms with van der Waals surface area (Å²) in [7, 11) is -8.94. The minimum absolute atomic E-state index is 0.0143. The van der Waals surface area contributed by atoms with Crippen molar-refractivity contribution in [2.75, 3.05) is 38.8 Å². The molecular weight excluding hydrogens is 1950 g/mol. The van der Waals surface area contributed by atoms with Crippen molar-refractivity contribution in [1.82, 2.24) is 0 Å². The first-order valence-corrected chi connectivity index (χ1v) is 56.5. The van der Waals surface area contributed by atoms with E-state index in [1.807, 2.05) is 153 Å². The maximum Gasteiger partial charge on any atom is 0.347 e. The van der Waals surface area contributed by atoms with E-state index in [2.05, 4.69) is 189 Å². The zero-order chi connectivity index (χ0) is 110. The quantitative estimate of drug-likeness (QED) is 0.0122. The van der Waals surface area contributed by atoms with Gasteiger partial charge in [0.2, 0.25) is 6.29 Å². The van der Waals surface area contributed by atoms with E-state index in [0.29, 0.717) is 71.5 Å². The van der Waals surface area contributed by atoms with Gasteiger partial charge in [0.25, 0.3) is 0 Å². The van der Waals surface area contributed by atoms with Gasteiger partial charge in [-0.05, 0) is 371 Å². The Kier molecular flexibility index (Phi) is 56.5. The Balaban J connectivity index is 0.000000297. The van der Waals surface area contributed by atoms with Crippen LogP contribution < -0.4 is 14.2 Å². The highest BCUT2D eigenvalue weighted by Crippen LogP contribution is 2.64. The smallest absolute Gasteiger partial charge is 0.347 e. The van der Waals surface area contributed by atoms with Gasteiger partial charge in [0.1, 0.15) is 88.9 Å². The highest BCUT2D eigenvalue weighted by Gasteiger charge is 2.59. The van der Waals surface area contributed by atoms with E-state index in [-0.39, 0.29) is 73.3 Å². The molecule has 27 heteroatoms. The number of cyclic esters (lactones) is 1. The molecule has 1 heterocycles. The number of hydrogen-bond acceptors (Lipinski definition) is 23. The second-order valence-corrected chi connectivity index (χ2v) is 44.6. The van der Waals surface area contributed by atoms with E-state index in [1.54, 1.807) is 50.2 Å². The normalized spacial score (nSPS) is 17.8. The molecule has 8 unspecified atom stereocenters. The number of phenolic OH excluding ortho intramolecular Hbond substituents is 2. The van der Waals surface area contributed by atoms with Gasteiger partial charge in [-0.3, -0.25) is 14.4 Å². The van der Waals surface area contributed by atoms with Crippen LogP contribution in [-0.2, 0) is 103 Å². The van der Waals surface area contributed by atoms with Gasteiger partial charge in [-0.25, -0.2) is 31.2 Å². The van der Waals surface area contributed by atoms with Crippen LogP contribution in [0.3, 0.4) is 0 Å². The van der Waals surface area contributed by atoms with Gasteiger partial charge < -0.3 is 62.0 Å². The Morgan fingerprint density at radius 1 is 0.432 bits per heavy atom. The molecule has 8 atom stereocenters. The predicted molar refractivity (Wildman–Crippen MR) is 593 cm³/mol. The van der Waals surface area contributed by atoms with Crippen molar-refractivity contribution >= 4 is 81.3 Å².